The van der Waals surface area contributed by atoms with Gasteiger partial charge in [0.15, 0.2) is 0 Å². The number of hydrogen-bond acceptors (Lipinski definition) is 5. The number of rotatable bonds is 3. The van der Waals surface area contributed by atoms with Gasteiger partial charge in [-0.15, -0.1) is 11.3 Å². The minimum absolute atomic E-state index is 0.203. The SMILES string of the molecule is O=C(C1CC1)N1CC[C@@]2(CCn3c2nn(Cc2cccs2)c(=O)c3=O)C1. The lowest BCUT2D eigenvalue weighted by Gasteiger charge is -2.23. The molecule has 1 amide bonds. The van der Waals surface area contributed by atoms with E-state index in [-0.39, 0.29) is 17.2 Å². The third-order valence-corrected chi connectivity index (χ3v) is 6.76. The molecule has 1 spiro atoms. The first-order valence-electron chi connectivity index (χ1n) is 9.11. The van der Waals surface area contributed by atoms with Crippen LogP contribution >= 0.6 is 11.3 Å². The van der Waals surface area contributed by atoms with Crippen LogP contribution in [0.3, 0.4) is 0 Å². The molecule has 1 aliphatic carbocycles. The molecule has 7 nitrogen and oxygen atoms in total. The fraction of sp³-hybridized carbons (Fsp3) is 0.556. The Hall–Kier alpha value is -2.22. The summed E-state index contributed by atoms with van der Waals surface area (Å²) in [6, 6.07) is 3.86. The number of hydrogen-bond donors (Lipinski definition) is 0. The zero-order valence-electron chi connectivity index (χ0n) is 14.4. The quantitative estimate of drug-likeness (QED) is 0.747. The minimum atomic E-state index is -0.567. The summed E-state index contributed by atoms with van der Waals surface area (Å²) in [7, 11) is 0. The van der Waals surface area contributed by atoms with E-state index in [1.54, 1.807) is 15.9 Å². The monoisotopic (exact) mass is 372 g/mol. The van der Waals surface area contributed by atoms with Gasteiger partial charge in [-0.05, 0) is 37.1 Å². The third-order valence-electron chi connectivity index (χ3n) is 5.90. The van der Waals surface area contributed by atoms with Gasteiger partial charge in [0.2, 0.25) is 5.91 Å². The smallest absolute Gasteiger partial charge is 0.332 e. The van der Waals surface area contributed by atoms with Crippen molar-refractivity contribution in [3.63, 3.8) is 0 Å². The molecule has 3 aliphatic rings. The molecule has 0 bridgehead atoms. The first-order valence-corrected chi connectivity index (χ1v) is 9.99. The summed E-state index contributed by atoms with van der Waals surface area (Å²) in [5.41, 5.74) is -1.34. The Bertz CT molecular complexity index is 989. The second kappa shape index (κ2) is 5.64. The maximum absolute atomic E-state index is 12.6. The maximum atomic E-state index is 12.6. The summed E-state index contributed by atoms with van der Waals surface area (Å²) in [4.78, 5) is 40.4. The van der Waals surface area contributed by atoms with Crippen molar-refractivity contribution in [2.75, 3.05) is 13.1 Å². The molecule has 136 valence electrons. The van der Waals surface area contributed by atoms with Gasteiger partial charge in [-0.25, -0.2) is 4.68 Å². The highest BCUT2D eigenvalue weighted by Crippen LogP contribution is 2.42. The Balaban J connectivity index is 1.52. The second-order valence-corrected chi connectivity index (χ2v) is 8.67. The fourth-order valence-electron chi connectivity index (χ4n) is 4.27. The van der Waals surface area contributed by atoms with Crippen LogP contribution in [0.5, 0.6) is 0 Å². The van der Waals surface area contributed by atoms with Crippen molar-refractivity contribution < 1.29 is 4.79 Å². The van der Waals surface area contributed by atoms with Crippen molar-refractivity contribution in [1.29, 1.82) is 0 Å². The minimum Gasteiger partial charge on any atom is -0.341 e. The van der Waals surface area contributed by atoms with Gasteiger partial charge < -0.3 is 4.90 Å². The summed E-state index contributed by atoms with van der Waals surface area (Å²) >= 11 is 1.54. The number of likely N-dealkylation sites (tertiary alicyclic amines) is 1. The van der Waals surface area contributed by atoms with Crippen molar-refractivity contribution in [2.45, 2.75) is 44.2 Å². The largest absolute Gasteiger partial charge is 0.341 e. The molecule has 8 heteroatoms. The van der Waals surface area contributed by atoms with Gasteiger partial charge in [-0.1, -0.05) is 6.07 Å². The van der Waals surface area contributed by atoms with Crippen LogP contribution < -0.4 is 11.1 Å². The third kappa shape index (κ3) is 2.39. The summed E-state index contributed by atoms with van der Waals surface area (Å²) in [6.07, 6.45) is 3.58. The highest BCUT2D eigenvalue weighted by molar-refractivity contribution is 7.09. The van der Waals surface area contributed by atoms with Crippen LogP contribution in [0.1, 0.15) is 36.4 Å². The summed E-state index contributed by atoms with van der Waals surface area (Å²) in [5, 5.41) is 6.56. The average Bonchev–Trinajstić information content (AvgIpc) is 3.05. The highest BCUT2D eigenvalue weighted by Gasteiger charge is 2.49. The van der Waals surface area contributed by atoms with Crippen LogP contribution in [-0.4, -0.2) is 38.2 Å². The van der Waals surface area contributed by atoms with Crippen LogP contribution in [-0.2, 0) is 23.3 Å². The molecule has 26 heavy (non-hydrogen) atoms. The van der Waals surface area contributed by atoms with Crippen LogP contribution in [0.15, 0.2) is 27.1 Å². The number of carbonyl (C=O) groups is 1. The Morgan fingerprint density at radius 1 is 1.23 bits per heavy atom. The molecule has 0 N–H and O–H groups in total. The standard InChI is InChI=1S/C18H20N4O3S/c23-14(12-3-4-12)20-7-5-18(11-20)6-8-21-15(24)16(25)22(19-17(18)21)10-13-2-1-9-26-13/h1-2,9,12H,3-8,10-11H2/t18-/m1/s1. The van der Waals surface area contributed by atoms with E-state index >= 15 is 0 Å². The average molecular weight is 372 g/mol. The number of fused-ring (bicyclic) bond motifs is 2. The van der Waals surface area contributed by atoms with Gasteiger partial charge in [0, 0.05) is 30.4 Å². The summed E-state index contributed by atoms with van der Waals surface area (Å²) in [6.45, 7) is 2.17. The van der Waals surface area contributed by atoms with E-state index in [9.17, 15) is 14.4 Å². The van der Waals surface area contributed by atoms with Gasteiger partial charge in [0.05, 0.1) is 12.0 Å². The predicted molar refractivity (Wildman–Crippen MR) is 96.4 cm³/mol. The Morgan fingerprint density at radius 2 is 2.04 bits per heavy atom. The molecule has 0 aromatic carbocycles. The number of nitrogens with zero attached hydrogens (tertiary/aromatic N) is 4. The van der Waals surface area contributed by atoms with Gasteiger partial charge in [0.25, 0.3) is 0 Å². The van der Waals surface area contributed by atoms with Gasteiger partial charge in [-0.2, -0.15) is 5.10 Å². The molecular weight excluding hydrogens is 352 g/mol. The Labute approximate surface area is 153 Å². The topological polar surface area (TPSA) is 77.2 Å². The van der Waals surface area contributed by atoms with E-state index in [2.05, 4.69) is 5.10 Å². The zero-order chi connectivity index (χ0) is 17.9. The van der Waals surface area contributed by atoms with Crippen molar-refractivity contribution in [1.82, 2.24) is 19.2 Å². The summed E-state index contributed by atoms with van der Waals surface area (Å²) < 4.78 is 2.84. The first-order chi connectivity index (χ1) is 12.6. The number of thiophene rings is 1. The number of carbonyl (C=O) groups excluding carboxylic acids is 1. The van der Waals surface area contributed by atoms with Crippen molar-refractivity contribution in [2.24, 2.45) is 5.92 Å². The van der Waals surface area contributed by atoms with Crippen LogP contribution in [0.25, 0.3) is 0 Å². The highest BCUT2D eigenvalue weighted by atomic mass is 32.1. The second-order valence-electron chi connectivity index (χ2n) is 7.64. The van der Waals surface area contributed by atoms with E-state index in [1.807, 2.05) is 22.4 Å². The molecule has 2 aromatic heterocycles. The Morgan fingerprint density at radius 3 is 2.77 bits per heavy atom. The van der Waals surface area contributed by atoms with Gasteiger partial charge in [0.1, 0.15) is 5.82 Å². The maximum Gasteiger partial charge on any atom is 0.332 e. The van der Waals surface area contributed by atoms with Crippen molar-refractivity contribution in [3.8, 4) is 0 Å². The van der Waals surface area contributed by atoms with Crippen LogP contribution in [0.4, 0.5) is 0 Å². The molecule has 1 atom stereocenters. The normalized spacial score (nSPS) is 24.4. The lowest BCUT2D eigenvalue weighted by Crippen LogP contribution is -2.45. The molecular formula is C18H20N4O3S. The molecule has 5 rings (SSSR count). The number of aromatic nitrogens is 3. The molecule has 2 fully saturated rings. The summed E-state index contributed by atoms with van der Waals surface area (Å²) in [5.74, 6) is 1.13. The molecule has 2 aromatic rings. The van der Waals surface area contributed by atoms with Crippen LogP contribution in [0.2, 0.25) is 0 Å². The van der Waals surface area contributed by atoms with Gasteiger partial charge in [-0.3, -0.25) is 19.0 Å². The van der Waals surface area contributed by atoms with E-state index in [0.29, 0.717) is 25.5 Å². The molecule has 2 aliphatic heterocycles. The lowest BCUT2D eigenvalue weighted by molar-refractivity contribution is -0.131. The van der Waals surface area contributed by atoms with E-state index < -0.39 is 11.1 Å². The Kier molecular flexibility index (Phi) is 3.47. The zero-order valence-corrected chi connectivity index (χ0v) is 15.2. The van der Waals surface area contributed by atoms with Gasteiger partial charge >= 0.3 is 11.1 Å². The predicted octanol–water partition coefficient (Wildman–Crippen LogP) is 0.799. The van der Waals surface area contributed by atoms with Crippen molar-refractivity contribution in [3.05, 3.63) is 48.9 Å². The van der Waals surface area contributed by atoms with E-state index in [1.165, 1.54) is 4.68 Å². The molecule has 4 heterocycles. The van der Waals surface area contributed by atoms with E-state index in [4.69, 9.17) is 0 Å². The van der Waals surface area contributed by atoms with Crippen LogP contribution in [0, 0.1) is 5.92 Å². The first kappa shape index (κ1) is 16.0. The number of amides is 1. The fourth-order valence-corrected chi connectivity index (χ4v) is 4.95. The lowest BCUT2D eigenvalue weighted by atomic mass is 9.85. The van der Waals surface area contributed by atoms with Crippen molar-refractivity contribution >= 4 is 17.2 Å². The molecule has 1 saturated heterocycles. The molecule has 0 unspecified atom stereocenters. The van der Waals surface area contributed by atoms with E-state index in [0.717, 1.165) is 37.1 Å². The molecule has 0 radical (unpaired) electrons. The molecule has 1 saturated carbocycles.